The van der Waals surface area contributed by atoms with Gasteiger partial charge in [0.15, 0.2) is 0 Å². The third-order valence-corrected chi connectivity index (χ3v) is 8.65. The molecule has 1 aliphatic heterocycles. The minimum absolute atomic E-state index is 0.0464. The third-order valence-electron chi connectivity index (χ3n) is 6.92. The average molecular weight is 566 g/mol. The van der Waals surface area contributed by atoms with Crippen molar-refractivity contribution in [1.29, 1.82) is 0 Å². The van der Waals surface area contributed by atoms with Crippen molar-refractivity contribution < 1.29 is 26.0 Å². The Morgan fingerprint density at radius 1 is 1.05 bits per heavy atom. The normalized spacial score (nSPS) is 18.1. The maximum atomic E-state index is 13.4. The smallest absolute Gasteiger partial charge is 0.295 e. The predicted octanol–water partition coefficient (Wildman–Crippen LogP) is 3.99. The number of hydrogen-bond donors (Lipinski definition) is 0. The largest absolute Gasteiger partial charge is 0.390 e. The van der Waals surface area contributed by atoms with E-state index in [-0.39, 0.29) is 30.5 Å². The van der Waals surface area contributed by atoms with Crippen LogP contribution in [0, 0.1) is 12.7 Å². The van der Waals surface area contributed by atoms with Crippen LogP contribution in [0.1, 0.15) is 30.0 Å². The van der Waals surface area contributed by atoms with Crippen molar-refractivity contribution in [3.05, 3.63) is 65.7 Å². The van der Waals surface area contributed by atoms with Crippen LogP contribution in [0.15, 0.2) is 53.8 Å². The number of halogens is 4. The highest BCUT2D eigenvalue weighted by Gasteiger charge is 2.37. The molecule has 0 amide bonds. The van der Waals surface area contributed by atoms with E-state index in [9.17, 15) is 26.0 Å². The van der Waals surface area contributed by atoms with Gasteiger partial charge in [0, 0.05) is 44.7 Å². The Balaban J connectivity index is 1.55. The molecule has 0 aliphatic carbocycles. The predicted molar refractivity (Wildman–Crippen MR) is 135 cm³/mol. The van der Waals surface area contributed by atoms with Crippen molar-refractivity contribution in [2.45, 2.75) is 37.0 Å². The minimum Gasteiger partial charge on any atom is -0.295 e. The summed E-state index contributed by atoms with van der Waals surface area (Å²) in [5, 5.41) is 12.8. The Bertz CT molecular complexity index is 1580. The Morgan fingerprint density at radius 3 is 2.46 bits per heavy atom. The molecule has 1 aliphatic rings. The molecule has 1 saturated heterocycles. The highest BCUT2D eigenvalue weighted by Crippen LogP contribution is 2.34. The number of alkyl halides is 3. The highest BCUT2D eigenvalue weighted by molar-refractivity contribution is 7.89. The molecule has 5 rings (SSSR count). The van der Waals surface area contributed by atoms with E-state index < -0.39 is 28.7 Å². The SMILES string of the molecule is Cc1cc2c(cnn2-c2ccc(F)cc2)cc1C1CN(S(=O)(=O)c2cnn(C)n2)CCCN1CCC(F)(F)F. The molecule has 2 aromatic heterocycles. The lowest BCUT2D eigenvalue weighted by Crippen LogP contribution is -2.39. The topological polar surface area (TPSA) is 89.2 Å². The number of fused-ring (bicyclic) bond motifs is 1. The van der Waals surface area contributed by atoms with Crippen molar-refractivity contribution >= 4 is 20.9 Å². The first-order chi connectivity index (χ1) is 18.4. The van der Waals surface area contributed by atoms with Crippen molar-refractivity contribution in [3.8, 4) is 5.69 Å². The van der Waals surface area contributed by atoms with Crippen LogP contribution < -0.4 is 0 Å². The molecule has 4 aromatic rings. The second kappa shape index (κ2) is 10.3. The highest BCUT2D eigenvalue weighted by atomic mass is 32.2. The van der Waals surface area contributed by atoms with Gasteiger partial charge in [-0.2, -0.15) is 32.5 Å². The number of aryl methyl sites for hydroxylation is 2. The Kier molecular flexibility index (Phi) is 7.20. The lowest BCUT2D eigenvalue weighted by atomic mass is 9.97. The molecule has 208 valence electrons. The fourth-order valence-corrected chi connectivity index (χ4v) is 6.35. The molecule has 1 atom stereocenters. The zero-order valence-corrected chi connectivity index (χ0v) is 22.1. The lowest BCUT2D eigenvalue weighted by Gasteiger charge is -2.33. The minimum atomic E-state index is -4.35. The van der Waals surface area contributed by atoms with Gasteiger partial charge in [0.05, 0.1) is 30.0 Å². The van der Waals surface area contributed by atoms with Gasteiger partial charge in [0.1, 0.15) is 5.82 Å². The van der Waals surface area contributed by atoms with Gasteiger partial charge in [-0.1, -0.05) is 0 Å². The van der Waals surface area contributed by atoms with Crippen LogP contribution in [-0.4, -0.2) is 74.8 Å². The van der Waals surface area contributed by atoms with Crippen LogP contribution in [0.2, 0.25) is 0 Å². The van der Waals surface area contributed by atoms with Gasteiger partial charge in [-0.3, -0.25) is 4.90 Å². The summed E-state index contributed by atoms with van der Waals surface area (Å²) in [5.74, 6) is -0.373. The van der Waals surface area contributed by atoms with Crippen LogP contribution >= 0.6 is 0 Å². The lowest BCUT2D eigenvalue weighted by molar-refractivity contribution is -0.139. The summed E-state index contributed by atoms with van der Waals surface area (Å²) in [6.45, 7) is 1.96. The molecule has 0 N–H and O–H groups in total. The fourth-order valence-electron chi connectivity index (χ4n) is 4.98. The summed E-state index contributed by atoms with van der Waals surface area (Å²) in [7, 11) is -2.51. The summed E-state index contributed by atoms with van der Waals surface area (Å²) in [6, 6.07) is 8.95. The monoisotopic (exact) mass is 565 g/mol. The number of benzene rings is 2. The molecule has 14 heteroatoms. The van der Waals surface area contributed by atoms with Crippen LogP contribution in [0.4, 0.5) is 17.6 Å². The number of sulfonamides is 1. The summed E-state index contributed by atoms with van der Waals surface area (Å²) in [5.41, 5.74) is 2.88. The van der Waals surface area contributed by atoms with Gasteiger partial charge in [-0.05, 0) is 60.9 Å². The van der Waals surface area contributed by atoms with Crippen LogP contribution in [0.3, 0.4) is 0 Å². The van der Waals surface area contributed by atoms with Crippen molar-refractivity contribution in [1.82, 2.24) is 34.0 Å². The first-order valence-corrected chi connectivity index (χ1v) is 13.8. The molecule has 1 unspecified atom stereocenters. The van der Waals surface area contributed by atoms with Gasteiger partial charge in [-0.25, -0.2) is 17.5 Å². The second-order valence-electron chi connectivity index (χ2n) is 9.61. The Labute approximate surface area is 222 Å². The summed E-state index contributed by atoms with van der Waals surface area (Å²) < 4.78 is 82.9. The first kappa shape index (κ1) is 27.2. The maximum absolute atomic E-state index is 13.4. The Morgan fingerprint density at radius 2 is 1.79 bits per heavy atom. The third kappa shape index (κ3) is 5.68. The molecule has 0 spiro atoms. The quantitative estimate of drug-likeness (QED) is 0.329. The van der Waals surface area contributed by atoms with Gasteiger partial charge >= 0.3 is 6.18 Å². The molecule has 39 heavy (non-hydrogen) atoms. The van der Waals surface area contributed by atoms with Crippen molar-refractivity contribution in [2.24, 2.45) is 7.05 Å². The van der Waals surface area contributed by atoms with E-state index in [1.54, 1.807) is 27.9 Å². The zero-order valence-electron chi connectivity index (χ0n) is 21.3. The standard InChI is InChI=1S/C25H27F4N7O2S/c1-17-12-22-18(14-31-36(22)20-6-4-19(26)5-7-20)13-21(17)23-16-35(39(37,38)24-15-30-33(2)32-24)10-3-9-34(23)11-8-25(27,28)29/h4-7,12-15,23H,3,8-11,16H2,1-2H3. The average Bonchev–Trinajstić information content (AvgIpc) is 3.42. The zero-order chi connectivity index (χ0) is 27.9. The van der Waals surface area contributed by atoms with E-state index in [4.69, 9.17) is 0 Å². The van der Waals surface area contributed by atoms with Crippen LogP contribution in [-0.2, 0) is 17.1 Å². The number of hydrogen-bond acceptors (Lipinski definition) is 6. The van der Waals surface area contributed by atoms with E-state index in [0.717, 1.165) is 27.5 Å². The van der Waals surface area contributed by atoms with E-state index in [0.29, 0.717) is 24.2 Å². The van der Waals surface area contributed by atoms with Crippen LogP contribution in [0.25, 0.3) is 16.6 Å². The number of rotatable bonds is 6. The molecular weight excluding hydrogens is 538 g/mol. The summed E-state index contributed by atoms with van der Waals surface area (Å²) in [4.78, 5) is 2.85. The van der Waals surface area contributed by atoms with E-state index >= 15 is 0 Å². The molecule has 2 aromatic carbocycles. The van der Waals surface area contributed by atoms with E-state index in [1.807, 2.05) is 19.1 Å². The first-order valence-electron chi connectivity index (χ1n) is 12.3. The van der Waals surface area contributed by atoms with Crippen molar-refractivity contribution in [2.75, 3.05) is 26.2 Å². The molecule has 0 saturated carbocycles. The van der Waals surface area contributed by atoms with Gasteiger partial charge in [-0.15, -0.1) is 5.10 Å². The van der Waals surface area contributed by atoms with Crippen molar-refractivity contribution in [3.63, 3.8) is 0 Å². The molecule has 0 radical (unpaired) electrons. The summed E-state index contributed by atoms with van der Waals surface area (Å²) in [6.07, 6.45) is -2.20. The maximum Gasteiger partial charge on any atom is 0.390 e. The Hall–Kier alpha value is -3.36. The van der Waals surface area contributed by atoms with Gasteiger partial charge in [0.25, 0.3) is 10.0 Å². The molecule has 3 heterocycles. The molecule has 1 fully saturated rings. The number of aromatic nitrogens is 5. The molecule has 0 bridgehead atoms. The summed E-state index contributed by atoms with van der Waals surface area (Å²) >= 11 is 0. The van der Waals surface area contributed by atoms with Crippen LogP contribution in [0.5, 0.6) is 0 Å². The molecular formula is C25H27F4N7O2S. The van der Waals surface area contributed by atoms with Gasteiger partial charge in [0.2, 0.25) is 5.03 Å². The van der Waals surface area contributed by atoms with E-state index in [2.05, 4.69) is 15.3 Å². The fraction of sp³-hybridized carbons (Fsp3) is 0.400. The number of nitrogens with zero attached hydrogens (tertiary/aromatic N) is 7. The van der Waals surface area contributed by atoms with Gasteiger partial charge < -0.3 is 0 Å². The van der Waals surface area contributed by atoms with E-state index in [1.165, 1.54) is 23.5 Å². The molecule has 9 nitrogen and oxygen atoms in total. The second-order valence-corrected chi connectivity index (χ2v) is 11.5.